The Bertz CT molecular complexity index is 1130. The maximum atomic E-state index is 13.5. The average molecular weight is 517 g/mol. The van der Waals surface area contributed by atoms with E-state index in [1.54, 1.807) is 52.4 Å². The lowest BCUT2D eigenvalue weighted by atomic mass is 10.1. The molecule has 0 amide bonds. The van der Waals surface area contributed by atoms with E-state index in [-0.39, 0.29) is 6.61 Å². The second-order valence-electron chi connectivity index (χ2n) is 10.8. The van der Waals surface area contributed by atoms with E-state index in [0.717, 1.165) is 0 Å². The van der Waals surface area contributed by atoms with Gasteiger partial charge in [0.05, 0.1) is 30.5 Å². The van der Waals surface area contributed by atoms with Crippen LogP contribution in [0.4, 0.5) is 0 Å². The Labute approximate surface area is 204 Å². The molecule has 4 heterocycles. The molecule has 34 heavy (non-hydrogen) atoms. The lowest BCUT2D eigenvalue weighted by molar-refractivity contribution is -0.199. The standard InChI is InChI=1S/C21H33N4O7PS/c1-19(2,3)31-33(26,32-20(4,5)6)27-9-12-14-15(30-21(7,8)29-14)18(28-12)25-11-24-13-16(25)22-10-23-17(13)34/h10-12,14-15,18H,9H2,1-8H3,(H,22,23,34). The number of hydrogen-bond acceptors (Lipinski definition) is 10. The van der Waals surface area contributed by atoms with Crippen LogP contribution in [0.15, 0.2) is 12.7 Å². The molecule has 0 radical (unpaired) electrons. The average Bonchev–Trinajstić information content (AvgIpc) is 3.28. The number of imidazole rings is 1. The van der Waals surface area contributed by atoms with Gasteiger partial charge in [-0.05, 0) is 55.4 Å². The fraction of sp³-hybridized carbons (Fsp3) is 0.762. The summed E-state index contributed by atoms with van der Waals surface area (Å²) >= 11 is 5.28. The maximum absolute atomic E-state index is 13.5. The summed E-state index contributed by atoms with van der Waals surface area (Å²) in [6.45, 7) is 14.3. The van der Waals surface area contributed by atoms with Crippen LogP contribution in [0.5, 0.6) is 0 Å². The van der Waals surface area contributed by atoms with Gasteiger partial charge in [-0.15, -0.1) is 0 Å². The number of ether oxygens (including phenoxy) is 3. The number of phosphoric ester groups is 1. The Kier molecular flexibility index (Phi) is 6.61. The van der Waals surface area contributed by atoms with E-state index in [9.17, 15) is 4.57 Å². The van der Waals surface area contributed by atoms with E-state index in [4.69, 9.17) is 40.0 Å². The summed E-state index contributed by atoms with van der Waals surface area (Å²) in [5, 5.41) is 0. The molecule has 0 aliphatic carbocycles. The van der Waals surface area contributed by atoms with Crippen LogP contribution in [0.2, 0.25) is 0 Å². The van der Waals surface area contributed by atoms with Gasteiger partial charge < -0.3 is 19.2 Å². The highest BCUT2D eigenvalue weighted by atomic mass is 32.1. The predicted molar refractivity (Wildman–Crippen MR) is 126 cm³/mol. The third-order valence-corrected chi connectivity index (χ3v) is 7.25. The number of aromatic amines is 1. The predicted octanol–water partition coefficient (Wildman–Crippen LogP) is 4.66. The molecule has 2 aliphatic heterocycles. The first-order chi connectivity index (χ1) is 15.6. The molecule has 2 aromatic rings. The molecule has 2 aromatic heterocycles. The number of H-pyrrole nitrogens is 1. The lowest BCUT2D eigenvalue weighted by Crippen LogP contribution is -2.33. The van der Waals surface area contributed by atoms with Crippen molar-refractivity contribution in [1.29, 1.82) is 0 Å². The monoisotopic (exact) mass is 516 g/mol. The minimum atomic E-state index is -3.93. The smallest absolute Gasteiger partial charge is 0.347 e. The van der Waals surface area contributed by atoms with Gasteiger partial charge in [-0.2, -0.15) is 0 Å². The molecule has 11 nitrogen and oxygen atoms in total. The van der Waals surface area contributed by atoms with Crippen LogP contribution in [0.1, 0.15) is 61.6 Å². The van der Waals surface area contributed by atoms with Gasteiger partial charge in [-0.3, -0.25) is 18.1 Å². The largest absolute Gasteiger partial charge is 0.475 e. The number of fused-ring (bicyclic) bond motifs is 2. The summed E-state index contributed by atoms with van der Waals surface area (Å²) in [6.07, 6.45) is 0.969. The second kappa shape index (κ2) is 8.70. The van der Waals surface area contributed by atoms with Crippen LogP contribution in [-0.4, -0.2) is 61.4 Å². The van der Waals surface area contributed by atoms with Crippen molar-refractivity contribution in [3.8, 4) is 0 Å². The molecule has 0 bridgehead atoms. The molecule has 0 saturated carbocycles. The zero-order chi connectivity index (χ0) is 25.1. The SMILES string of the molecule is CC(C)(C)OP(=O)(OCC1OC(n2cnc3c(=S)nc[nH]c32)C2OC(C)(C)OC12)OC(C)(C)C. The number of phosphoric acid groups is 1. The van der Waals surface area contributed by atoms with E-state index >= 15 is 0 Å². The Hall–Kier alpha value is -1.24. The van der Waals surface area contributed by atoms with Crippen molar-refractivity contribution in [2.45, 2.75) is 96.9 Å². The van der Waals surface area contributed by atoms with Crippen LogP contribution < -0.4 is 0 Å². The zero-order valence-electron chi connectivity index (χ0n) is 20.7. The number of nitrogens with zero attached hydrogens (tertiary/aromatic N) is 3. The Morgan fingerprint density at radius 3 is 2.35 bits per heavy atom. The van der Waals surface area contributed by atoms with E-state index in [1.165, 1.54) is 6.33 Å². The van der Waals surface area contributed by atoms with Gasteiger partial charge in [0.15, 0.2) is 16.7 Å². The van der Waals surface area contributed by atoms with Crippen LogP contribution in [-0.2, 0) is 32.3 Å². The second-order valence-corrected chi connectivity index (χ2v) is 12.7. The number of rotatable bonds is 6. The number of hydrogen-bond donors (Lipinski definition) is 1. The summed E-state index contributed by atoms with van der Waals surface area (Å²) in [5.41, 5.74) is -0.300. The molecule has 0 spiro atoms. The van der Waals surface area contributed by atoms with Gasteiger partial charge in [-0.25, -0.2) is 14.5 Å². The van der Waals surface area contributed by atoms with Crippen molar-refractivity contribution >= 4 is 31.2 Å². The Morgan fingerprint density at radius 1 is 1.12 bits per heavy atom. The summed E-state index contributed by atoms with van der Waals surface area (Å²) in [5.74, 6) is -0.839. The van der Waals surface area contributed by atoms with E-state index in [1.807, 2.05) is 13.8 Å². The molecule has 2 fully saturated rings. The van der Waals surface area contributed by atoms with Crippen molar-refractivity contribution in [3.63, 3.8) is 0 Å². The number of nitrogens with one attached hydrogen (secondary N) is 1. The van der Waals surface area contributed by atoms with Gasteiger partial charge in [0.2, 0.25) is 0 Å². The van der Waals surface area contributed by atoms with Gasteiger partial charge in [0, 0.05) is 0 Å². The minimum absolute atomic E-state index is 0.0925. The highest BCUT2D eigenvalue weighted by Crippen LogP contribution is 2.56. The first-order valence-electron chi connectivity index (χ1n) is 11.1. The van der Waals surface area contributed by atoms with Crippen molar-refractivity contribution in [2.75, 3.05) is 6.61 Å². The summed E-state index contributed by atoms with van der Waals surface area (Å²) in [4.78, 5) is 11.5. The first kappa shape index (κ1) is 25.8. The molecule has 4 rings (SSSR count). The molecule has 1 N–H and O–H groups in total. The Morgan fingerprint density at radius 2 is 1.74 bits per heavy atom. The zero-order valence-corrected chi connectivity index (χ0v) is 22.4. The molecular weight excluding hydrogens is 483 g/mol. The van der Waals surface area contributed by atoms with Crippen molar-refractivity contribution < 1.29 is 32.3 Å². The highest BCUT2D eigenvalue weighted by Gasteiger charge is 2.56. The minimum Gasteiger partial charge on any atom is -0.347 e. The maximum Gasteiger partial charge on any atom is 0.475 e. The molecule has 13 heteroatoms. The van der Waals surface area contributed by atoms with Crippen LogP contribution in [0.3, 0.4) is 0 Å². The third-order valence-electron chi connectivity index (χ3n) is 4.95. The van der Waals surface area contributed by atoms with Crippen molar-refractivity contribution in [1.82, 2.24) is 19.5 Å². The van der Waals surface area contributed by atoms with Gasteiger partial charge in [0.25, 0.3) is 0 Å². The molecule has 190 valence electrons. The van der Waals surface area contributed by atoms with Crippen molar-refractivity contribution in [2.24, 2.45) is 0 Å². The lowest BCUT2D eigenvalue weighted by Gasteiger charge is -2.32. The van der Waals surface area contributed by atoms with Crippen LogP contribution in [0.25, 0.3) is 11.2 Å². The number of aromatic nitrogens is 4. The van der Waals surface area contributed by atoms with Crippen molar-refractivity contribution in [3.05, 3.63) is 17.3 Å². The molecule has 4 atom stereocenters. The van der Waals surface area contributed by atoms with Gasteiger partial charge in [-0.1, -0.05) is 12.2 Å². The summed E-state index contributed by atoms with van der Waals surface area (Å²) in [6, 6.07) is 0. The third kappa shape index (κ3) is 5.60. The molecule has 2 aliphatic rings. The fourth-order valence-electron chi connectivity index (χ4n) is 3.99. The highest BCUT2D eigenvalue weighted by molar-refractivity contribution is 7.71. The summed E-state index contributed by atoms with van der Waals surface area (Å²) in [7, 11) is -3.93. The van der Waals surface area contributed by atoms with Gasteiger partial charge >= 0.3 is 7.82 Å². The van der Waals surface area contributed by atoms with E-state index < -0.39 is 49.4 Å². The van der Waals surface area contributed by atoms with E-state index in [2.05, 4.69) is 15.0 Å². The van der Waals surface area contributed by atoms with Crippen LogP contribution in [0, 0.1) is 4.64 Å². The topological polar surface area (TPSA) is 119 Å². The molecule has 2 saturated heterocycles. The summed E-state index contributed by atoms with van der Waals surface area (Å²) < 4.78 is 51.6. The molecular formula is C21H33N4O7PS. The quantitative estimate of drug-likeness (QED) is 0.429. The molecule has 0 aromatic carbocycles. The molecule has 4 unspecified atom stereocenters. The fourth-order valence-corrected chi connectivity index (χ4v) is 6.01. The van der Waals surface area contributed by atoms with Crippen LogP contribution >= 0.6 is 20.0 Å². The normalized spacial score (nSPS) is 27.4. The first-order valence-corrected chi connectivity index (χ1v) is 13.0. The van der Waals surface area contributed by atoms with Gasteiger partial charge in [0.1, 0.15) is 29.5 Å². The Balaban J connectivity index is 1.60. The van der Waals surface area contributed by atoms with E-state index in [0.29, 0.717) is 15.8 Å².